The van der Waals surface area contributed by atoms with Crippen LogP contribution in [0, 0.1) is 0 Å². The molecule has 0 aliphatic heterocycles. The summed E-state index contributed by atoms with van der Waals surface area (Å²) in [6.07, 6.45) is 0.177. The molecule has 0 aliphatic carbocycles. The van der Waals surface area contributed by atoms with Crippen molar-refractivity contribution >= 4 is 34.1 Å². The first-order valence-corrected chi connectivity index (χ1v) is 8.44. The van der Waals surface area contributed by atoms with Gasteiger partial charge < -0.3 is 5.32 Å². The van der Waals surface area contributed by atoms with Crippen LogP contribution in [-0.2, 0) is 11.3 Å². The van der Waals surface area contributed by atoms with Gasteiger partial charge in [-0.3, -0.25) is 14.4 Å². The fraction of sp³-hybridized carbons (Fsp3) is 0.158. The normalized spacial score (nSPS) is 10.7. The Balaban J connectivity index is 1.58. The Morgan fingerprint density at radius 2 is 1.69 bits per heavy atom. The molecule has 1 aromatic heterocycles. The lowest BCUT2D eigenvalue weighted by Crippen LogP contribution is -2.25. The third-order valence-corrected chi connectivity index (χ3v) is 4.23. The second kappa shape index (κ2) is 7.93. The van der Waals surface area contributed by atoms with Gasteiger partial charge in [-0.05, 0) is 30.3 Å². The number of aromatic nitrogens is 2. The number of aromatic amines is 1. The van der Waals surface area contributed by atoms with Gasteiger partial charge in [-0.2, -0.15) is 5.10 Å². The van der Waals surface area contributed by atoms with Gasteiger partial charge in [0.1, 0.15) is 0 Å². The fourth-order valence-corrected chi connectivity index (χ4v) is 2.71. The summed E-state index contributed by atoms with van der Waals surface area (Å²) in [5.41, 5.74) is 0.817. The molecule has 0 radical (unpaired) electrons. The molecule has 0 unspecified atom stereocenters. The number of fused-ring (bicyclic) bond motifs is 1. The maximum Gasteiger partial charge on any atom is 0.272 e. The lowest BCUT2D eigenvalue weighted by Gasteiger charge is -2.07. The highest BCUT2D eigenvalue weighted by molar-refractivity contribution is 6.30. The van der Waals surface area contributed by atoms with Crippen molar-refractivity contribution in [1.29, 1.82) is 0 Å². The number of rotatable bonds is 6. The minimum Gasteiger partial charge on any atom is -0.350 e. The largest absolute Gasteiger partial charge is 0.350 e. The predicted octanol–water partition coefficient (Wildman–Crippen LogP) is 2.86. The van der Waals surface area contributed by atoms with Crippen molar-refractivity contribution in [2.45, 2.75) is 19.4 Å². The van der Waals surface area contributed by atoms with Crippen LogP contribution >= 0.6 is 11.6 Å². The summed E-state index contributed by atoms with van der Waals surface area (Å²) in [7, 11) is 0. The molecule has 1 amide bonds. The number of Topliss-reactive ketones (excluding diaryl/α,β-unsaturated/α-hetero) is 1. The van der Waals surface area contributed by atoms with Crippen molar-refractivity contribution < 1.29 is 9.59 Å². The third-order valence-electron chi connectivity index (χ3n) is 3.97. The van der Waals surface area contributed by atoms with Crippen LogP contribution < -0.4 is 10.9 Å². The van der Waals surface area contributed by atoms with E-state index in [1.807, 2.05) is 0 Å². The topological polar surface area (TPSA) is 91.9 Å². The van der Waals surface area contributed by atoms with E-state index in [1.54, 1.807) is 48.5 Å². The second-order valence-corrected chi connectivity index (χ2v) is 6.19. The van der Waals surface area contributed by atoms with E-state index in [1.165, 1.54) is 0 Å². The lowest BCUT2D eigenvalue weighted by atomic mass is 10.1. The third kappa shape index (κ3) is 4.15. The SMILES string of the molecule is O=C(CCC(=O)c1ccc(Cl)cc1)NCc1n[nH]c(=O)c2ccccc12. The van der Waals surface area contributed by atoms with Crippen LogP contribution in [-0.4, -0.2) is 21.9 Å². The van der Waals surface area contributed by atoms with Crippen LogP contribution in [0.2, 0.25) is 5.02 Å². The number of benzene rings is 2. The van der Waals surface area contributed by atoms with E-state index in [9.17, 15) is 14.4 Å². The Hall–Kier alpha value is -2.99. The second-order valence-electron chi connectivity index (χ2n) is 5.75. The minimum atomic E-state index is -0.274. The zero-order valence-corrected chi connectivity index (χ0v) is 14.5. The van der Waals surface area contributed by atoms with E-state index < -0.39 is 0 Å². The number of halogens is 1. The van der Waals surface area contributed by atoms with E-state index >= 15 is 0 Å². The molecule has 3 rings (SSSR count). The molecule has 0 spiro atoms. The maximum absolute atomic E-state index is 12.1. The van der Waals surface area contributed by atoms with Crippen LogP contribution in [0.4, 0.5) is 0 Å². The van der Waals surface area contributed by atoms with Crippen molar-refractivity contribution in [2.24, 2.45) is 0 Å². The first kappa shape index (κ1) is 17.8. The van der Waals surface area contributed by atoms with Gasteiger partial charge in [-0.25, -0.2) is 5.10 Å². The molecule has 1 heterocycles. The zero-order valence-electron chi connectivity index (χ0n) is 13.8. The molecule has 2 aromatic carbocycles. The minimum absolute atomic E-state index is 0.0722. The molecular formula is C19H16ClN3O3. The summed E-state index contributed by atoms with van der Waals surface area (Å²) in [5.74, 6) is -0.381. The average Bonchev–Trinajstić information content (AvgIpc) is 2.66. The number of ketones is 1. The van der Waals surface area contributed by atoms with Crippen LogP contribution in [0.3, 0.4) is 0 Å². The van der Waals surface area contributed by atoms with E-state index in [4.69, 9.17) is 11.6 Å². The van der Waals surface area contributed by atoms with Gasteiger partial charge in [-0.15, -0.1) is 0 Å². The molecule has 0 aliphatic rings. The van der Waals surface area contributed by atoms with Gasteiger partial charge in [0.15, 0.2) is 5.78 Å². The Morgan fingerprint density at radius 1 is 1.00 bits per heavy atom. The molecule has 26 heavy (non-hydrogen) atoms. The molecule has 7 heteroatoms. The molecule has 3 aromatic rings. The fourth-order valence-electron chi connectivity index (χ4n) is 2.58. The van der Waals surface area contributed by atoms with Crippen molar-refractivity contribution in [3.63, 3.8) is 0 Å². The number of nitrogens with one attached hydrogen (secondary N) is 2. The Bertz CT molecular complexity index is 1010. The average molecular weight is 370 g/mol. The maximum atomic E-state index is 12.1. The van der Waals surface area contributed by atoms with Gasteiger partial charge in [0.25, 0.3) is 5.56 Å². The van der Waals surface area contributed by atoms with E-state index in [-0.39, 0.29) is 36.6 Å². The van der Waals surface area contributed by atoms with Crippen LogP contribution in [0.15, 0.2) is 53.3 Å². The highest BCUT2D eigenvalue weighted by Gasteiger charge is 2.11. The summed E-state index contributed by atoms with van der Waals surface area (Å²) in [4.78, 5) is 35.8. The Labute approximate surface area is 154 Å². The van der Waals surface area contributed by atoms with E-state index in [0.717, 1.165) is 0 Å². The van der Waals surface area contributed by atoms with Crippen LogP contribution in [0.5, 0.6) is 0 Å². The standard InChI is InChI=1S/C19H16ClN3O3/c20-13-7-5-12(6-8-13)17(24)9-10-18(25)21-11-16-14-3-1-2-4-15(14)19(26)23-22-16/h1-8H,9-11H2,(H,21,25)(H,23,26). The van der Waals surface area contributed by atoms with Gasteiger partial charge in [0, 0.05) is 28.8 Å². The summed E-state index contributed by atoms with van der Waals surface area (Å²) in [5, 5.41) is 10.9. The first-order valence-electron chi connectivity index (χ1n) is 8.06. The molecule has 0 saturated carbocycles. The van der Waals surface area contributed by atoms with Gasteiger partial charge in [0.2, 0.25) is 5.91 Å². The number of hydrogen-bond acceptors (Lipinski definition) is 4. The van der Waals surface area contributed by atoms with Crippen molar-refractivity contribution in [1.82, 2.24) is 15.5 Å². The lowest BCUT2D eigenvalue weighted by molar-refractivity contribution is -0.121. The monoisotopic (exact) mass is 369 g/mol. The molecule has 0 saturated heterocycles. The first-order chi connectivity index (χ1) is 12.5. The van der Waals surface area contributed by atoms with Crippen molar-refractivity contribution in [2.75, 3.05) is 0 Å². The summed E-state index contributed by atoms with van der Waals surface area (Å²) in [6, 6.07) is 13.6. The van der Waals surface area contributed by atoms with E-state index in [0.29, 0.717) is 27.1 Å². The molecule has 0 atom stereocenters. The number of carbonyl (C=O) groups is 2. The van der Waals surface area contributed by atoms with Crippen LogP contribution in [0.1, 0.15) is 28.9 Å². The van der Waals surface area contributed by atoms with Crippen molar-refractivity contribution in [3.8, 4) is 0 Å². The number of nitrogens with zero attached hydrogens (tertiary/aromatic N) is 1. The predicted molar refractivity (Wildman–Crippen MR) is 99.2 cm³/mol. The summed E-state index contributed by atoms with van der Waals surface area (Å²) < 4.78 is 0. The molecule has 6 nitrogen and oxygen atoms in total. The quantitative estimate of drug-likeness (QED) is 0.653. The van der Waals surface area contributed by atoms with Gasteiger partial charge in [-0.1, -0.05) is 29.8 Å². The van der Waals surface area contributed by atoms with E-state index in [2.05, 4.69) is 15.5 Å². The Morgan fingerprint density at radius 3 is 2.42 bits per heavy atom. The number of amides is 1. The summed E-state index contributed by atoms with van der Waals surface area (Å²) >= 11 is 5.79. The van der Waals surface area contributed by atoms with Gasteiger partial charge >= 0.3 is 0 Å². The highest BCUT2D eigenvalue weighted by atomic mass is 35.5. The summed E-state index contributed by atoms with van der Waals surface area (Å²) in [6.45, 7) is 0.172. The van der Waals surface area contributed by atoms with Gasteiger partial charge in [0.05, 0.1) is 17.6 Å². The zero-order chi connectivity index (χ0) is 18.5. The molecule has 132 valence electrons. The smallest absolute Gasteiger partial charge is 0.272 e. The highest BCUT2D eigenvalue weighted by Crippen LogP contribution is 2.13. The molecule has 0 bridgehead atoms. The molecular weight excluding hydrogens is 354 g/mol. The molecule has 2 N–H and O–H groups in total. The van der Waals surface area contributed by atoms with Crippen LogP contribution in [0.25, 0.3) is 10.8 Å². The van der Waals surface area contributed by atoms with Crippen molar-refractivity contribution in [3.05, 3.63) is 75.2 Å². The number of carbonyl (C=O) groups excluding carboxylic acids is 2. The Kier molecular flexibility index (Phi) is 5.43. The number of hydrogen-bond donors (Lipinski definition) is 2. The number of H-pyrrole nitrogens is 1. The molecule has 0 fully saturated rings.